The molecule has 1 aliphatic heterocycles. The highest BCUT2D eigenvalue weighted by Crippen LogP contribution is 2.49. The number of ketones is 1. The van der Waals surface area contributed by atoms with Crippen molar-refractivity contribution in [3.05, 3.63) is 95.3 Å². The van der Waals surface area contributed by atoms with E-state index >= 15 is 0 Å². The highest BCUT2D eigenvalue weighted by Gasteiger charge is 2.42. The molecule has 2 aliphatic rings. The van der Waals surface area contributed by atoms with Crippen LogP contribution in [-0.4, -0.2) is 44.0 Å². The van der Waals surface area contributed by atoms with Crippen molar-refractivity contribution in [2.45, 2.75) is 39.2 Å². The lowest BCUT2D eigenvalue weighted by molar-refractivity contribution is -0.120. The van der Waals surface area contributed by atoms with E-state index in [1.54, 1.807) is 14.2 Å². The van der Waals surface area contributed by atoms with Gasteiger partial charge in [-0.05, 0) is 60.2 Å². The van der Waals surface area contributed by atoms with Crippen LogP contribution in [0.15, 0.2) is 84.2 Å². The summed E-state index contributed by atoms with van der Waals surface area (Å²) in [4.78, 5) is 33.0. The molecule has 0 spiro atoms. The summed E-state index contributed by atoms with van der Waals surface area (Å²) in [5.74, 6) is 1.43. The van der Waals surface area contributed by atoms with Gasteiger partial charge in [-0.15, -0.1) is 0 Å². The fraction of sp³-hybridized carbons (Fsp3) is 0.314. The number of hydrogen-bond donors (Lipinski definition) is 3. The van der Waals surface area contributed by atoms with Crippen LogP contribution in [0.4, 0.5) is 11.4 Å². The van der Waals surface area contributed by atoms with E-state index in [0.717, 1.165) is 51.3 Å². The molecule has 222 valence electrons. The standard InChI is InChI=1S/C35H38N4O4/c1-35(2)18-28-33(30(40)19-35)34(24-9-5-8-12-31(24)43-4)39(29-11-7-6-10-27(29)38-28)21-32(41)36-16-15-22-20-37-26-14-13-23(42-3)17-25(22)26/h5-14,17,20,34,37-38H,15-16,18-19,21H2,1-4H3,(H,36,41). The molecule has 43 heavy (non-hydrogen) atoms. The lowest BCUT2D eigenvalue weighted by Crippen LogP contribution is -2.42. The molecular formula is C35H38N4O4. The molecule has 0 radical (unpaired) electrons. The summed E-state index contributed by atoms with van der Waals surface area (Å²) in [6.45, 7) is 4.79. The summed E-state index contributed by atoms with van der Waals surface area (Å²) < 4.78 is 11.2. The SMILES string of the molecule is COc1ccc2[nH]cc(CCNC(=O)CN3c4ccccc4NC4=C(C(=O)CC(C)(C)C4)C3c3ccccc3OC)c2c1. The van der Waals surface area contributed by atoms with E-state index in [-0.39, 0.29) is 23.7 Å². The maximum Gasteiger partial charge on any atom is 0.239 e. The van der Waals surface area contributed by atoms with Crippen LogP contribution in [-0.2, 0) is 16.0 Å². The largest absolute Gasteiger partial charge is 0.497 e. The second-order valence-electron chi connectivity index (χ2n) is 12.1. The number of aromatic amines is 1. The molecule has 1 aromatic heterocycles. The number of hydrogen-bond acceptors (Lipinski definition) is 6. The van der Waals surface area contributed by atoms with Crippen LogP contribution in [0.3, 0.4) is 0 Å². The van der Waals surface area contributed by atoms with Gasteiger partial charge >= 0.3 is 0 Å². The zero-order valence-corrected chi connectivity index (χ0v) is 25.1. The maximum atomic E-state index is 13.9. The van der Waals surface area contributed by atoms with Gasteiger partial charge in [-0.25, -0.2) is 0 Å². The number of ether oxygens (including phenoxy) is 2. The number of rotatable bonds is 8. The van der Waals surface area contributed by atoms with Crippen LogP contribution in [0.25, 0.3) is 10.9 Å². The number of fused-ring (bicyclic) bond motifs is 2. The summed E-state index contributed by atoms with van der Waals surface area (Å²) in [6, 6.07) is 21.1. The van der Waals surface area contributed by atoms with Crippen LogP contribution in [0.5, 0.6) is 11.5 Å². The van der Waals surface area contributed by atoms with Crippen molar-refractivity contribution in [2.24, 2.45) is 5.41 Å². The predicted molar refractivity (Wildman–Crippen MR) is 170 cm³/mol. The highest BCUT2D eigenvalue weighted by molar-refractivity contribution is 6.02. The van der Waals surface area contributed by atoms with Crippen molar-refractivity contribution in [2.75, 3.05) is 37.5 Å². The van der Waals surface area contributed by atoms with Gasteiger partial charge in [0.2, 0.25) is 5.91 Å². The zero-order valence-electron chi connectivity index (χ0n) is 25.1. The second kappa shape index (κ2) is 11.5. The Hall–Kier alpha value is -4.72. The molecule has 2 heterocycles. The molecule has 0 bridgehead atoms. The molecule has 3 aromatic carbocycles. The number of allylic oxidation sites excluding steroid dienone is 1. The lowest BCUT2D eigenvalue weighted by atomic mass is 9.73. The Bertz CT molecular complexity index is 1720. The fourth-order valence-corrected chi connectivity index (χ4v) is 6.48. The number of Topliss-reactive ketones (excluding diaryl/α,β-unsaturated/α-hetero) is 1. The molecule has 1 amide bonds. The van der Waals surface area contributed by atoms with Crippen molar-refractivity contribution >= 4 is 34.0 Å². The van der Waals surface area contributed by atoms with E-state index in [9.17, 15) is 9.59 Å². The third-order valence-electron chi connectivity index (χ3n) is 8.44. The monoisotopic (exact) mass is 578 g/mol. The van der Waals surface area contributed by atoms with Crippen LogP contribution in [0, 0.1) is 5.41 Å². The van der Waals surface area contributed by atoms with Gasteiger partial charge in [-0.3, -0.25) is 9.59 Å². The molecule has 0 fully saturated rings. The molecule has 4 aromatic rings. The summed E-state index contributed by atoms with van der Waals surface area (Å²) in [6.07, 6.45) is 3.80. The van der Waals surface area contributed by atoms with Gasteiger partial charge in [0.05, 0.1) is 38.2 Å². The summed E-state index contributed by atoms with van der Waals surface area (Å²) in [5, 5.41) is 7.82. The minimum atomic E-state index is -0.502. The number of H-pyrrole nitrogens is 1. The Kier molecular flexibility index (Phi) is 7.61. The van der Waals surface area contributed by atoms with Gasteiger partial charge in [-0.1, -0.05) is 44.2 Å². The lowest BCUT2D eigenvalue weighted by Gasteiger charge is -2.38. The Labute approximate surface area is 252 Å². The first-order valence-corrected chi connectivity index (χ1v) is 14.7. The molecule has 8 heteroatoms. The normalized spacial score (nSPS) is 17.5. The number of nitrogens with one attached hydrogen (secondary N) is 3. The third kappa shape index (κ3) is 5.57. The molecule has 0 saturated carbocycles. The van der Waals surface area contributed by atoms with Gasteiger partial charge in [-0.2, -0.15) is 0 Å². The molecule has 1 unspecified atom stereocenters. The van der Waals surface area contributed by atoms with Crippen molar-refractivity contribution < 1.29 is 19.1 Å². The van der Waals surface area contributed by atoms with Crippen molar-refractivity contribution in [1.82, 2.24) is 10.3 Å². The number of carbonyl (C=O) groups is 2. The predicted octanol–water partition coefficient (Wildman–Crippen LogP) is 6.16. The summed E-state index contributed by atoms with van der Waals surface area (Å²) in [5.41, 5.74) is 6.14. The average Bonchev–Trinajstić information content (AvgIpc) is 3.34. The Balaban J connectivity index is 1.33. The number of nitrogens with zero attached hydrogens (tertiary/aromatic N) is 1. The molecule has 3 N–H and O–H groups in total. The number of para-hydroxylation sites is 3. The number of anilines is 2. The number of benzene rings is 3. The number of carbonyl (C=O) groups excluding carboxylic acids is 2. The third-order valence-corrected chi connectivity index (χ3v) is 8.44. The van der Waals surface area contributed by atoms with Crippen LogP contribution in [0.1, 0.15) is 43.9 Å². The number of amides is 1. The first-order chi connectivity index (χ1) is 20.8. The summed E-state index contributed by atoms with van der Waals surface area (Å²) >= 11 is 0. The highest BCUT2D eigenvalue weighted by atomic mass is 16.5. The molecular weight excluding hydrogens is 540 g/mol. The zero-order chi connectivity index (χ0) is 30.1. The quantitative estimate of drug-likeness (QED) is 0.232. The Morgan fingerprint density at radius 3 is 2.63 bits per heavy atom. The van der Waals surface area contributed by atoms with Crippen LogP contribution >= 0.6 is 0 Å². The van der Waals surface area contributed by atoms with Crippen molar-refractivity contribution in [3.63, 3.8) is 0 Å². The minimum Gasteiger partial charge on any atom is -0.497 e. The first-order valence-electron chi connectivity index (χ1n) is 14.7. The molecule has 6 rings (SSSR count). The Morgan fingerprint density at radius 1 is 1.02 bits per heavy atom. The molecule has 1 aliphatic carbocycles. The van der Waals surface area contributed by atoms with Crippen LogP contribution in [0.2, 0.25) is 0 Å². The first kappa shape index (κ1) is 28.4. The number of aromatic nitrogens is 1. The van der Waals surface area contributed by atoms with Gasteiger partial charge in [0.25, 0.3) is 0 Å². The van der Waals surface area contributed by atoms with E-state index in [1.807, 2.05) is 77.8 Å². The average molecular weight is 579 g/mol. The topological polar surface area (TPSA) is 95.7 Å². The molecule has 1 atom stereocenters. The molecule has 0 saturated heterocycles. The van der Waals surface area contributed by atoms with Gasteiger partial charge in [0.1, 0.15) is 11.5 Å². The van der Waals surface area contributed by atoms with Crippen LogP contribution < -0.4 is 25.0 Å². The number of methoxy groups -OCH3 is 2. The van der Waals surface area contributed by atoms with Gasteiger partial charge < -0.3 is 30.0 Å². The van der Waals surface area contributed by atoms with Crippen molar-refractivity contribution in [1.29, 1.82) is 0 Å². The smallest absolute Gasteiger partial charge is 0.239 e. The fourth-order valence-electron chi connectivity index (χ4n) is 6.48. The summed E-state index contributed by atoms with van der Waals surface area (Å²) in [7, 11) is 3.30. The van der Waals surface area contributed by atoms with Gasteiger partial charge in [0, 0.05) is 46.9 Å². The maximum absolute atomic E-state index is 13.9. The van der Waals surface area contributed by atoms with Crippen molar-refractivity contribution in [3.8, 4) is 11.5 Å². The Morgan fingerprint density at radius 2 is 1.81 bits per heavy atom. The molecule has 8 nitrogen and oxygen atoms in total. The van der Waals surface area contributed by atoms with E-state index in [4.69, 9.17) is 9.47 Å². The second-order valence-corrected chi connectivity index (χ2v) is 12.1. The minimum absolute atomic E-state index is 0.0660. The van der Waals surface area contributed by atoms with Gasteiger partial charge in [0.15, 0.2) is 5.78 Å². The van der Waals surface area contributed by atoms with E-state index in [0.29, 0.717) is 30.7 Å². The van der Waals surface area contributed by atoms with E-state index in [2.05, 4.69) is 29.5 Å². The van der Waals surface area contributed by atoms with E-state index in [1.165, 1.54) is 0 Å². The van der Waals surface area contributed by atoms with E-state index < -0.39 is 6.04 Å².